The van der Waals surface area contributed by atoms with E-state index in [-0.39, 0.29) is 23.0 Å². The second kappa shape index (κ2) is 6.55. The van der Waals surface area contributed by atoms with E-state index in [1.54, 1.807) is 13.8 Å². The number of primary sulfonamides is 1. The fraction of sp³-hybridized carbons (Fsp3) is 0.500. The lowest BCUT2D eigenvalue weighted by Gasteiger charge is -2.09. The minimum Gasteiger partial charge on any atom is -0.493 e. The number of sulfonamides is 1. The van der Waals surface area contributed by atoms with Gasteiger partial charge in [0.05, 0.1) is 16.4 Å². The molecule has 0 aliphatic heterocycles. The van der Waals surface area contributed by atoms with Crippen molar-refractivity contribution >= 4 is 19.9 Å². The van der Waals surface area contributed by atoms with E-state index in [1.807, 2.05) is 0 Å². The van der Waals surface area contributed by atoms with Crippen molar-refractivity contribution < 1.29 is 21.6 Å². The Balaban J connectivity index is 2.70. The molecule has 1 rings (SSSR count). The molecule has 0 amide bonds. The summed E-state index contributed by atoms with van der Waals surface area (Å²) in [6.07, 6.45) is 0.574. The summed E-state index contributed by atoms with van der Waals surface area (Å²) in [6, 6.07) is 4.33. The van der Waals surface area contributed by atoms with Gasteiger partial charge in [-0.15, -0.1) is 0 Å². The van der Waals surface area contributed by atoms with Gasteiger partial charge in [0.2, 0.25) is 10.0 Å². The summed E-state index contributed by atoms with van der Waals surface area (Å²) in [7, 11) is -6.84. The summed E-state index contributed by atoms with van der Waals surface area (Å²) in [4.78, 5) is 0.0310. The predicted molar refractivity (Wildman–Crippen MR) is 77.0 cm³/mol. The Morgan fingerprint density at radius 3 is 2.30 bits per heavy atom. The van der Waals surface area contributed by atoms with Crippen LogP contribution in [0.2, 0.25) is 0 Å². The Hall–Kier alpha value is -1.12. The normalized spacial score (nSPS) is 12.3. The van der Waals surface area contributed by atoms with E-state index in [2.05, 4.69) is 0 Å². The minimum absolute atomic E-state index is 0.0310. The SMILES string of the molecule is CCCS(=O)(=O)CCOc1ccc(S(N)(=O)=O)c(C)c1. The van der Waals surface area contributed by atoms with Crippen molar-refractivity contribution in [3.63, 3.8) is 0 Å². The van der Waals surface area contributed by atoms with Crippen LogP contribution in [-0.2, 0) is 19.9 Å². The second-order valence-corrected chi connectivity index (χ2v) is 8.31. The molecule has 8 heteroatoms. The topological polar surface area (TPSA) is 104 Å². The van der Waals surface area contributed by atoms with Crippen LogP contribution >= 0.6 is 0 Å². The fourth-order valence-corrected chi connectivity index (χ4v) is 3.66. The molecule has 1 aromatic carbocycles. The van der Waals surface area contributed by atoms with Crippen molar-refractivity contribution in [2.24, 2.45) is 5.14 Å². The number of benzene rings is 1. The molecule has 20 heavy (non-hydrogen) atoms. The molecule has 2 N–H and O–H groups in total. The quantitative estimate of drug-likeness (QED) is 0.801. The molecule has 0 aromatic heterocycles. The first-order valence-corrected chi connectivity index (χ1v) is 9.49. The van der Waals surface area contributed by atoms with Crippen LogP contribution in [0.4, 0.5) is 0 Å². The van der Waals surface area contributed by atoms with Gasteiger partial charge >= 0.3 is 0 Å². The van der Waals surface area contributed by atoms with Crippen molar-refractivity contribution in [1.29, 1.82) is 0 Å². The van der Waals surface area contributed by atoms with E-state index in [9.17, 15) is 16.8 Å². The molecule has 0 unspecified atom stereocenters. The maximum atomic E-state index is 11.5. The maximum Gasteiger partial charge on any atom is 0.238 e. The highest BCUT2D eigenvalue weighted by Crippen LogP contribution is 2.20. The Labute approximate surface area is 119 Å². The zero-order valence-electron chi connectivity index (χ0n) is 11.5. The lowest BCUT2D eigenvalue weighted by molar-refractivity contribution is 0.340. The molecule has 0 spiro atoms. The molecule has 0 saturated heterocycles. The molecule has 0 aliphatic carbocycles. The Morgan fingerprint density at radius 1 is 1.15 bits per heavy atom. The maximum absolute atomic E-state index is 11.5. The van der Waals surface area contributed by atoms with E-state index in [4.69, 9.17) is 9.88 Å². The van der Waals surface area contributed by atoms with Gasteiger partial charge in [0.25, 0.3) is 0 Å². The number of hydrogen-bond donors (Lipinski definition) is 1. The van der Waals surface area contributed by atoms with E-state index >= 15 is 0 Å². The highest BCUT2D eigenvalue weighted by molar-refractivity contribution is 7.91. The van der Waals surface area contributed by atoms with Crippen molar-refractivity contribution in [3.05, 3.63) is 23.8 Å². The fourth-order valence-electron chi connectivity index (χ4n) is 1.73. The monoisotopic (exact) mass is 321 g/mol. The Morgan fingerprint density at radius 2 is 1.80 bits per heavy atom. The summed E-state index contributed by atoms with van der Waals surface area (Å²) in [5, 5.41) is 5.05. The van der Waals surface area contributed by atoms with Crippen molar-refractivity contribution in [3.8, 4) is 5.75 Å². The van der Waals surface area contributed by atoms with Crippen LogP contribution in [0.15, 0.2) is 23.1 Å². The molecule has 0 radical (unpaired) electrons. The van der Waals surface area contributed by atoms with Gasteiger partial charge in [-0.05, 0) is 37.1 Å². The van der Waals surface area contributed by atoms with Gasteiger partial charge in [0.15, 0.2) is 9.84 Å². The summed E-state index contributed by atoms with van der Waals surface area (Å²) in [6.45, 7) is 3.44. The second-order valence-electron chi connectivity index (χ2n) is 4.47. The zero-order valence-corrected chi connectivity index (χ0v) is 13.1. The van der Waals surface area contributed by atoms with Crippen LogP contribution in [0.5, 0.6) is 5.75 Å². The van der Waals surface area contributed by atoms with Crippen LogP contribution in [0.3, 0.4) is 0 Å². The van der Waals surface area contributed by atoms with Crippen LogP contribution < -0.4 is 9.88 Å². The number of rotatable bonds is 7. The lowest BCUT2D eigenvalue weighted by Crippen LogP contribution is -2.17. The molecule has 0 atom stereocenters. The number of hydrogen-bond acceptors (Lipinski definition) is 5. The number of aryl methyl sites for hydroxylation is 1. The molecule has 0 fully saturated rings. The molecule has 114 valence electrons. The number of nitrogens with two attached hydrogens (primary N) is 1. The molecular formula is C12H19NO5S2. The molecule has 1 aromatic rings. The minimum atomic E-state index is -3.75. The van der Waals surface area contributed by atoms with Crippen molar-refractivity contribution in [1.82, 2.24) is 0 Å². The number of sulfone groups is 1. The summed E-state index contributed by atoms with van der Waals surface area (Å²) in [5.41, 5.74) is 0.460. The molecule has 0 heterocycles. The molecule has 0 bridgehead atoms. The Kier molecular flexibility index (Phi) is 5.55. The summed E-state index contributed by atoms with van der Waals surface area (Å²) >= 11 is 0. The molecule has 0 saturated carbocycles. The number of ether oxygens (including phenoxy) is 1. The third-order valence-corrected chi connectivity index (χ3v) is 5.52. The summed E-state index contributed by atoms with van der Waals surface area (Å²) < 4.78 is 50.8. The first-order chi connectivity index (χ1) is 9.15. The average Bonchev–Trinajstić information content (AvgIpc) is 2.26. The lowest BCUT2D eigenvalue weighted by atomic mass is 10.2. The van der Waals surface area contributed by atoms with Crippen LogP contribution in [0.25, 0.3) is 0 Å². The standard InChI is InChI=1S/C12H19NO5S2/c1-3-7-19(14,15)8-6-18-11-4-5-12(10(2)9-11)20(13,16)17/h4-5,9H,3,6-8H2,1-2H3,(H2,13,16,17). The van der Waals surface area contributed by atoms with E-state index in [0.717, 1.165) is 0 Å². The Bertz CT molecular complexity index is 665. The van der Waals surface area contributed by atoms with Crippen LogP contribution in [0.1, 0.15) is 18.9 Å². The van der Waals surface area contributed by atoms with E-state index < -0.39 is 19.9 Å². The third-order valence-electron chi connectivity index (χ3n) is 2.63. The smallest absolute Gasteiger partial charge is 0.238 e. The third kappa shape index (κ3) is 5.10. The van der Waals surface area contributed by atoms with Crippen LogP contribution in [-0.4, -0.2) is 34.9 Å². The average molecular weight is 321 g/mol. The van der Waals surface area contributed by atoms with Gasteiger partial charge in [-0.3, -0.25) is 0 Å². The van der Waals surface area contributed by atoms with Gasteiger partial charge in [-0.2, -0.15) is 0 Å². The van der Waals surface area contributed by atoms with Gasteiger partial charge in [0, 0.05) is 0 Å². The largest absolute Gasteiger partial charge is 0.493 e. The van der Waals surface area contributed by atoms with Gasteiger partial charge in [-0.25, -0.2) is 22.0 Å². The van der Waals surface area contributed by atoms with Gasteiger partial charge in [0.1, 0.15) is 12.4 Å². The highest BCUT2D eigenvalue weighted by atomic mass is 32.2. The van der Waals surface area contributed by atoms with E-state index in [1.165, 1.54) is 18.2 Å². The molecular weight excluding hydrogens is 302 g/mol. The van der Waals surface area contributed by atoms with Crippen molar-refractivity contribution in [2.45, 2.75) is 25.2 Å². The molecule has 6 nitrogen and oxygen atoms in total. The van der Waals surface area contributed by atoms with Crippen molar-refractivity contribution in [2.75, 3.05) is 18.1 Å². The first kappa shape index (κ1) is 16.9. The van der Waals surface area contributed by atoms with Crippen LogP contribution in [0, 0.1) is 6.92 Å². The van der Waals surface area contributed by atoms with Gasteiger partial charge in [-0.1, -0.05) is 6.92 Å². The van der Waals surface area contributed by atoms with E-state index in [0.29, 0.717) is 17.7 Å². The van der Waals surface area contributed by atoms with Gasteiger partial charge < -0.3 is 4.74 Å². The summed E-state index contributed by atoms with van der Waals surface area (Å²) in [5.74, 6) is 0.498. The first-order valence-electron chi connectivity index (χ1n) is 6.12. The molecule has 0 aliphatic rings. The zero-order chi connectivity index (χ0) is 15.4. The predicted octanol–water partition coefficient (Wildman–Crippen LogP) is 0.846. The highest BCUT2D eigenvalue weighted by Gasteiger charge is 2.13.